The highest BCUT2D eigenvalue weighted by Gasteiger charge is 1.97. The quantitative estimate of drug-likeness (QED) is 0.875. The first-order valence-corrected chi connectivity index (χ1v) is 6.30. The molecule has 0 fully saturated rings. The molecule has 2 aromatic rings. The summed E-state index contributed by atoms with van der Waals surface area (Å²) in [4.78, 5) is 10.9. The van der Waals surface area contributed by atoms with Gasteiger partial charge in [-0.2, -0.15) is 0 Å². The van der Waals surface area contributed by atoms with Crippen LogP contribution < -0.4 is 10.6 Å². The highest BCUT2D eigenvalue weighted by molar-refractivity contribution is 5.88. The highest BCUT2D eigenvalue weighted by Crippen LogP contribution is 2.14. The van der Waals surface area contributed by atoms with Crippen LogP contribution >= 0.6 is 0 Å². The Morgan fingerprint density at radius 1 is 1.05 bits per heavy atom. The third-order valence-corrected chi connectivity index (χ3v) is 2.78. The molecule has 3 nitrogen and oxygen atoms in total. The molecule has 0 radical (unpaired) electrons. The van der Waals surface area contributed by atoms with Gasteiger partial charge in [0.05, 0.1) is 0 Å². The Hall–Kier alpha value is -2.29. The second-order valence-corrected chi connectivity index (χ2v) is 4.60. The predicted octanol–water partition coefficient (Wildman–Crippen LogP) is 3.57. The van der Waals surface area contributed by atoms with E-state index in [4.69, 9.17) is 0 Å². The van der Waals surface area contributed by atoms with Gasteiger partial charge in [-0.3, -0.25) is 4.79 Å². The third-order valence-electron chi connectivity index (χ3n) is 2.78. The van der Waals surface area contributed by atoms with Crippen molar-refractivity contribution in [2.75, 3.05) is 10.6 Å². The summed E-state index contributed by atoms with van der Waals surface area (Å²) in [6.45, 7) is 4.39. The summed E-state index contributed by atoms with van der Waals surface area (Å²) in [6, 6.07) is 16.1. The molecule has 1 amide bonds. The molecule has 0 heterocycles. The number of hydrogen-bond acceptors (Lipinski definition) is 2. The number of carbonyl (C=O) groups is 1. The van der Waals surface area contributed by atoms with Crippen molar-refractivity contribution in [3.8, 4) is 0 Å². The lowest BCUT2D eigenvalue weighted by Gasteiger charge is -2.08. The van der Waals surface area contributed by atoms with Crippen LogP contribution in [0.4, 0.5) is 11.4 Å². The van der Waals surface area contributed by atoms with Crippen LogP contribution in [0.3, 0.4) is 0 Å². The predicted molar refractivity (Wildman–Crippen MR) is 79.3 cm³/mol. The normalized spacial score (nSPS) is 10.0. The number of rotatable bonds is 4. The van der Waals surface area contributed by atoms with Gasteiger partial charge in [-0.1, -0.05) is 29.8 Å². The van der Waals surface area contributed by atoms with Crippen LogP contribution in [0.25, 0.3) is 0 Å². The van der Waals surface area contributed by atoms with Gasteiger partial charge in [-0.25, -0.2) is 0 Å². The zero-order chi connectivity index (χ0) is 13.7. The van der Waals surface area contributed by atoms with Crippen molar-refractivity contribution in [1.29, 1.82) is 0 Å². The Bertz CT molecular complexity index is 561. The average Bonchev–Trinajstić information content (AvgIpc) is 2.37. The number of aryl methyl sites for hydroxylation is 1. The molecule has 0 aromatic heterocycles. The van der Waals surface area contributed by atoms with Crippen LogP contribution in [0.15, 0.2) is 48.5 Å². The minimum Gasteiger partial charge on any atom is -0.381 e. The molecule has 0 spiro atoms. The first-order valence-electron chi connectivity index (χ1n) is 6.30. The summed E-state index contributed by atoms with van der Waals surface area (Å²) in [5.41, 5.74) is 4.37. The van der Waals surface area contributed by atoms with Gasteiger partial charge in [0.2, 0.25) is 5.91 Å². The Morgan fingerprint density at radius 2 is 1.74 bits per heavy atom. The van der Waals surface area contributed by atoms with Gasteiger partial charge in [0, 0.05) is 24.8 Å². The lowest BCUT2D eigenvalue weighted by Crippen LogP contribution is -2.05. The van der Waals surface area contributed by atoms with E-state index in [1.54, 1.807) is 0 Å². The standard InChI is InChI=1S/C16H18N2O/c1-12-4-3-5-14(10-12)11-17-15-6-8-16(9-7-15)18-13(2)19/h3-10,17H,11H2,1-2H3,(H,18,19). The third kappa shape index (κ3) is 4.14. The maximum Gasteiger partial charge on any atom is 0.221 e. The van der Waals surface area contributed by atoms with Gasteiger partial charge in [0.1, 0.15) is 0 Å². The molecule has 2 N–H and O–H groups in total. The topological polar surface area (TPSA) is 41.1 Å². The Kier molecular flexibility index (Phi) is 4.18. The number of amides is 1. The maximum absolute atomic E-state index is 10.9. The second-order valence-electron chi connectivity index (χ2n) is 4.60. The lowest BCUT2D eigenvalue weighted by molar-refractivity contribution is -0.114. The number of benzene rings is 2. The molecule has 0 saturated heterocycles. The zero-order valence-corrected chi connectivity index (χ0v) is 11.2. The Morgan fingerprint density at radius 3 is 2.37 bits per heavy atom. The van der Waals surface area contributed by atoms with Crippen LogP contribution in [0, 0.1) is 6.92 Å². The summed E-state index contributed by atoms with van der Waals surface area (Å²) < 4.78 is 0. The number of nitrogens with one attached hydrogen (secondary N) is 2. The fourth-order valence-electron chi connectivity index (χ4n) is 1.90. The molecule has 19 heavy (non-hydrogen) atoms. The molecule has 0 aliphatic heterocycles. The molecule has 2 aromatic carbocycles. The molecular weight excluding hydrogens is 236 g/mol. The van der Waals surface area contributed by atoms with Crippen LogP contribution in [0.5, 0.6) is 0 Å². The fourth-order valence-corrected chi connectivity index (χ4v) is 1.90. The SMILES string of the molecule is CC(=O)Nc1ccc(NCc2cccc(C)c2)cc1. The Balaban J connectivity index is 1.94. The van der Waals surface area contributed by atoms with Crippen molar-refractivity contribution >= 4 is 17.3 Å². The number of hydrogen-bond donors (Lipinski definition) is 2. The van der Waals surface area contributed by atoms with E-state index in [2.05, 4.69) is 41.8 Å². The maximum atomic E-state index is 10.9. The van der Waals surface area contributed by atoms with E-state index in [1.165, 1.54) is 18.1 Å². The van der Waals surface area contributed by atoms with Crippen LogP contribution in [0.1, 0.15) is 18.1 Å². The molecule has 0 unspecified atom stereocenters. The van der Waals surface area contributed by atoms with Crippen molar-refractivity contribution in [3.05, 3.63) is 59.7 Å². The molecule has 2 rings (SSSR count). The van der Waals surface area contributed by atoms with Crippen LogP contribution in [-0.4, -0.2) is 5.91 Å². The monoisotopic (exact) mass is 254 g/mol. The van der Waals surface area contributed by atoms with Gasteiger partial charge in [0.15, 0.2) is 0 Å². The van der Waals surface area contributed by atoms with Crippen molar-refractivity contribution in [2.45, 2.75) is 20.4 Å². The molecule has 0 bridgehead atoms. The van der Waals surface area contributed by atoms with E-state index >= 15 is 0 Å². The average molecular weight is 254 g/mol. The first kappa shape index (κ1) is 13.1. The molecule has 0 aliphatic rings. The van der Waals surface area contributed by atoms with Gasteiger partial charge >= 0.3 is 0 Å². The van der Waals surface area contributed by atoms with E-state index in [9.17, 15) is 4.79 Å². The summed E-state index contributed by atoms with van der Waals surface area (Å²) >= 11 is 0. The van der Waals surface area contributed by atoms with Gasteiger partial charge in [-0.05, 0) is 36.8 Å². The number of anilines is 2. The largest absolute Gasteiger partial charge is 0.381 e. The molecular formula is C16H18N2O. The van der Waals surface area contributed by atoms with Gasteiger partial charge in [0.25, 0.3) is 0 Å². The van der Waals surface area contributed by atoms with Crippen molar-refractivity contribution < 1.29 is 4.79 Å². The van der Waals surface area contributed by atoms with Crippen molar-refractivity contribution in [2.24, 2.45) is 0 Å². The number of carbonyl (C=O) groups excluding carboxylic acids is 1. The fraction of sp³-hybridized carbons (Fsp3) is 0.188. The van der Waals surface area contributed by atoms with Crippen LogP contribution in [0.2, 0.25) is 0 Å². The van der Waals surface area contributed by atoms with Gasteiger partial charge < -0.3 is 10.6 Å². The zero-order valence-electron chi connectivity index (χ0n) is 11.2. The first-order chi connectivity index (χ1) is 9.13. The molecule has 0 saturated carbocycles. The smallest absolute Gasteiger partial charge is 0.221 e. The van der Waals surface area contributed by atoms with Crippen LogP contribution in [-0.2, 0) is 11.3 Å². The minimum atomic E-state index is -0.0551. The van der Waals surface area contributed by atoms with E-state index in [1.807, 2.05) is 24.3 Å². The highest BCUT2D eigenvalue weighted by atomic mass is 16.1. The summed E-state index contributed by atoms with van der Waals surface area (Å²) in [5.74, 6) is -0.0551. The van der Waals surface area contributed by atoms with E-state index in [0.29, 0.717) is 0 Å². The summed E-state index contributed by atoms with van der Waals surface area (Å²) in [6.07, 6.45) is 0. The van der Waals surface area contributed by atoms with E-state index in [0.717, 1.165) is 17.9 Å². The second kappa shape index (κ2) is 6.05. The molecule has 3 heteroatoms. The minimum absolute atomic E-state index is 0.0551. The molecule has 0 aliphatic carbocycles. The lowest BCUT2D eigenvalue weighted by atomic mass is 10.1. The van der Waals surface area contributed by atoms with Crippen molar-refractivity contribution in [3.63, 3.8) is 0 Å². The van der Waals surface area contributed by atoms with Crippen molar-refractivity contribution in [1.82, 2.24) is 0 Å². The van der Waals surface area contributed by atoms with E-state index in [-0.39, 0.29) is 5.91 Å². The van der Waals surface area contributed by atoms with E-state index < -0.39 is 0 Å². The molecule has 98 valence electrons. The summed E-state index contributed by atoms with van der Waals surface area (Å²) in [7, 11) is 0. The Labute approximate surface area is 113 Å². The van der Waals surface area contributed by atoms with Gasteiger partial charge in [-0.15, -0.1) is 0 Å². The molecule has 0 atom stereocenters. The summed E-state index contributed by atoms with van der Waals surface area (Å²) in [5, 5.41) is 6.10.